The smallest absolute Gasteiger partial charge is 0.0408 e. The third-order valence-corrected chi connectivity index (χ3v) is 4.96. The molecule has 0 amide bonds. The van der Waals surface area contributed by atoms with E-state index in [4.69, 9.17) is 0 Å². The van der Waals surface area contributed by atoms with E-state index in [-0.39, 0.29) is 0 Å². The zero-order chi connectivity index (χ0) is 12.8. The summed E-state index contributed by atoms with van der Waals surface area (Å²) < 4.78 is 0. The molecule has 0 saturated carbocycles. The molecule has 1 N–H and O–H groups in total. The number of rotatable bonds is 1. The van der Waals surface area contributed by atoms with Gasteiger partial charge in [0.05, 0.1) is 0 Å². The average molecular weight is 244 g/mol. The van der Waals surface area contributed by atoms with Crippen LogP contribution in [0.4, 0.5) is 5.69 Å². The van der Waals surface area contributed by atoms with Crippen LogP contribution in [0.1, 0.15) is 36.5 Å². The van der Waals surface area contributed by atoms with Crippen molar-refractivity contribution in [2.75, 3.05) is 31.1 Å². The minimum atomic E-state index is 0.426. The maximum Gasteiger partial charge on any atom is 0.0408 e. The molecule has 0 radical (unpaired) electrons. The Morgan fingerprint density at radius 1 is 1.17 bits per heavy atom. The van der Waals surface area contributed by atoms with E-state index in [2.05, 4.69) is 43.1 Å². The van der Waals surface area contributed by atoms with E-state index < -0.39 is 0 Å². The van der Waals surface area contributed by atoms with Crippen LogP contribution in [0.3, 0.4) is 0 Å². The van der Waals surface area contributed by atoms with E-state index >= 15 is 0 Å². The van der Waals surface area contributed by atoms with Crippen LogP contribution >= 0.6 is 0 Å². The van der Waals surface area contributed by atoms with E-state index in [9.17, 15) is 0 Å². The number of nitrogens with zero attached hydrogens (tertiary/aromatic N) is 1. The molecule has 0 aliphatic carbocycles. The summed E-state index contributed by atoms with van der Waals surface area (Å²) >= 11 is 0. The normalized spacial score (nSPS) is 21.4. The summed E-state index contributed by atoms with van der Waals surface area (Å²) in [5.74, 6) is 0. The molecule has 1 saturated heterocycles. The Kier molecular flexibility index (Phi) is 2.86. The fourth-order valence-electron chi connectivity index (χ4n) is 3.64. The molecule has 2 heterocycles. The van der Waals surface area contributed by atoms with Gasteiger partial charge in [0.2, 0.25) is 0 Å². The number of piperidine rings is 1. The van der Waals surface area contributed by atoms with Crippen LogP contribution in [0.25, 0.3) is 0 Å². The molecular formula is C16H24N2. The highest BCUT2D eigenvalue weighted by molar-refractivity contribution is 5.65. The molecule has 18 heavy (non-hydrogen) atoms. The van der Waals surface area contributed by atoms with Gasteiger partial charge < -0.3 is 10.2 Å². The number of likely N-dealkylation sites (N-methyl/N-ethyl adjacent to an activating group) is 1. The van der Waals surface area contributed by atoms with Gasteiger partial charge in [-0.1, -0.05) is 6.07 Å². The van der Waals surface area contributed by atoms with Crippen molar-refractivity contribution in [3.8, 4) is 0 Å². The minimum absolute atomic E-state index is 0.426. The second-order valence-electron chi connectivity index (χ2n) is 6.00. The van der Waals surface area contributed by atoms with Crippen LogP contribution in [0.2, 0.25) is 0 Å². The fourth-order valence-corrected chi connectivity index (χ4v) is 3.64. The summed E-state index contributed by atoms with van der Waals surface area (Å²) in [6, 6.07) is 4.87. The molecule has 0 atom stereocenters. The van der Waals surface area contributed by atoms with Crippen molar-refractivity contribution in [1.29, 1.82) is 0 Å². The molecule has 0 bridgehead atoms. The molecule has 3 rings (SSSR count). The predicted octanol–water partition coefficient (Wildman–Crippen LogP) is 2.76. The standard InChI is InChI=1S/C16H24N2/c1-4-18-11-16(5-7-17-8-6-16)14-9-12(2)13(3)10-15(14)18/h9-10,17H,4-8,11H2,1-3H3. The maximum atomic E-state index is 3.51. The van der Waals surface area contributed by atoms with Gasteiger partial charge in [0, 0.05) is 24.2 Å². The summed E-state index contributed by atoms with van der Waals surface area (Å²) in [5, 5.41) is 3.51. The molecule has 1 fully saturated rings. The molecule has 2 heteroatoms. The molecule has 1 aromatic carbocycles. The lowest BCUT2D eigenvalue weighted by molar-refractivity contribution is 0.326. The second-order valence-corrected chi connectivity index (χ2v) is 6.00. The third-order valence-electron chi connectivity index (χ3n) is 4.96. The fraction of sp³-hybridized carbons (Fsp3) is 0.625. The Labute approximate surface area is 110 Å². The number of hydrogen-bond acceptors (Lipinski definition) is 2. The second kappa shape index (κ2) is 4.27. The van der Waals surface area contributed by atoms with Crippen molar-refractivity contribution >= 4 is 5.69 Å². The molecule has 1 spiro atoms. The Balaban J connectivity index is 2.10. The molecule has 2 aliphatic heterocycles. The SMILES string of the molecule is CCN1CC2(CCNCC2)c2cc(C)c(C)cc21. The molecule has 1 aromatic rings. The van der Waals surface area contributed by atoms with Crippen LogP contribution in [0.5, 0.6) is 0 Å². The van der Waals surface area contributed by atoms with Gasteiger partial charge in [0.25, 0.3) is 0 Å². The lowest BCUT2D eigenvalue weighted by atomic mass is 9.74. The first-order valence-corrected chi connectivity index (χ1v) is 7.24. The predicted molar refractivity (Wildman–Crippen MR) is 77.6 cm³/mol. The van der Waals surface area contributed by atoms with Gasteiger partial charge in [-0.2, -0.15) is 0 Å². The van der Waals surface area contributed by atoms with E-state index in [0.29, 0.717) is 5.41 Å². The number of benzene rings is 1. The number of anilines is 1. The molecule has 0 unspecified atom stereocenters. The Hall–Kier alpha value is -1.02. The van der Waals surface area contributed by atoms with Crippen molar-refractivity contribution in [3.63, 3.8) is 0 Å². The van der Waals surface area contributed by atoms with Gasteiger partial charge in [-0.05, 0) is 69.5 Å². The van der Waals surface area contributed by atoms with E-state index in [1.165, 1.54) is 49.3 Å². The summed E-state index contributed by atoms with van der Waals surface area (Å²) in [6.07, 6.45) is 2.58. The summed E-state index contributed by atoms with van der Waals surface area (Å²) in [7, 11) is 0. The van der Waals surface area contributed by atoms with Crippen molar-refractivity contribution < 1.29 is 0 Å². The van der Waals surface area contributed by atoms with Gasteiger partial charge in [-0.15, -0.1) is 0 Å². The first kappa shape index (κ1) is 12.0. The maximum absolute atomic E-state index is 3.51. The van der Waals surface area contributed by atoms with E-state index in [0.717, 1.165) is 6.54 Å². The van der Waals surface area contributed by atoms with Gasteiger partial charge in [0.15, 0.2) is 0 Å². The van der Waals surface area contributed by atoms with Crippen LogP contribution in [-0.4, -0.2) is 26.2 Å². The summed E-state index contributed by atoms with van der Waals surface area (Å²) in [5.41, 5.74) is 6.42. The number of nitrogens with one attached hydrogen (secondary N) is 1. The molecule has 2 nitrogen and oxygen atoms in total. The lowest BCUT2D eigenvalue weighted by Crippen LogP contribution is -2.43. The Morgan fingerprint density at radius 2 is 1.83 bits per heavy atom. The van der Waals surface area contributed by atoms with Gasteiger partial charge in [0.1, 0.15) is 0 Å². The number of aryl methyl sites for hydroxylation is 2. The van der Waals surface area contributed by atoms with Crippen molar-refractivity contribution in [2.24, 2.45) is 0 Å². The highest BCUT2D eigenvalue weighted by Crippen LogP contribution is 2.46. The first-order valence-electron chi connectivity index (χ1n) is 7.24. The largest absolute Gasteiger partial charge is 0.371 e. The van der Waals surface area contributed by atoms with Crippen molar-refractivity contribution in [2.45, 2.75) is 39.0 Å². The summed E-state index contributed by atoms with van der Waals surface area (Å²) in [6.45, 7) is 11.5. The monoisotopic (exact) mass is 244 g/mol. The quantitative estimate of drug-likeness (QED) is 0.817. The minimum Gasteiger partial charge on any atom is -0.371 e. The third kappa shape index (κ3) is 1.66. The number of hydrogen-bond donors (Lipinski definition) is 1. The Bertz CT molecular complexity index is 458. The van der Waals surface area contributed by atoms with E-state index in [1.807, 2.05) is 0 Å². The average Bonchev–Trinajstić information content (AvgIpc) is 2.66. The van der Waals surface area contributed by atoms with Crippen molar-refractivity contribution in [1.82, 2.24) is 5.32 Å². The summed E-state index contributed by atoms with van der Waals surface area (Å²) in [4.78, 5) is 2.58. The Morgan fingerprint density at radius 3 is 2.50 bits per heavy atom. The molecule has 0 aromatic heterocycles. The van der Waals surface area contributed by atoms with Gasteiger partial charge >= 0.3 is 0 Å². The van der Waals surface area contributed by atoms with Crippen LogP contribution in [0, 0.1) is 13.8 Å². The topological polar surface area (TPSA) is 15.3 Å². The lowest BCUT2D eigenvalue weighted by Gasteiger charge is -2.35. The van der Waals surface area contributed by atoms with E-state index in [1.54, 1.807) is 5.56 Å². The first-order chi connectivity index (χ1) is 8.66. The van der Waals surface area contributed by atoms with Crippen LogP contribution < -0.4 is 10.2 Å². The van der Waals surface area contributed by atoms with Crippen molar-refractivity contribution in [3.05, 3.63) is 28.8 Å². The zero-order valence-corrected chi connectivity index (χ0v) is 11.8. The zero-order valence-electron chi connectivity index (χ0n) is 11.8. The molecule has 2 aliphatic rings. The highest BCUT2D eigenvalue weighted by atomic mass is 15.2. The van der Waals surface area contributed by atoms with Gasteiger partial charge in [-0.25, -0.2) is 0 Å². The molecule has 98 valence electrons. The highest BCUT2D eigenvalue weighted by Gasteiger charge is 2.42. The van der Waals surface area contributed by atoms with Crippen LogP contribution in [-0.2, 0) is 5.41 Å². The van der Waals surface area contributed by atoms with Gasteiger partial charge in [-0.3, -0.25) is 0 Å². The van der Waals surface area contributed by atoms with Crippen LogP contribution in [0.15, 0.2) is 12.1 Å². The number of fused-ring (bicyclic) bond motifs is 2. The molecular weight excluding hydrogens is 220 g/mol.